The number of hydrogen-bond acceptors (Lipinski definition) is 3. The summed E-state index contributed by atoms with van der Waals surface area (Å²) in [6.07, 6.45) is 7.35. The average molecular weight is 192 g/mol. The first kappa shape index (κ1) is 9.40. The van der Waals surface area contributed by atoms with Gasteiger partial charge in [-0.2, -0.15) is 0 Å². The highest BCUT2D eigenvalue weighted by molar-refractivity contribution is 4.97. The van der Waals surface area contributed by atoms with Crippen molar-refractivity contribution in [3.8, 4) is 0 Å². The monoisotopic (exact) mass is 192 g/mol. The molecule has 1 N–H and O–H groups in total. The minimum Gasteiger partial charge on any atom is -0.312 e. The summed E-state index contributed by atoms with van der Waals surface area (Å²) in [7, 11) is 0. The molecule has 1 aliphatic rings. The van der Waals surface area contributed by atoms with Crippen LogP contribution in [0.2, 0.25) is 0 Å². The maximum atomic E-state index is 4.16. The van der Waals surface area contributed by atoms with Crippen molar-refractivity contribution in [3.05, 3.63) is 24.8 Å². The van der Waals surface area contributed by atoms with Crippen LogP contribution in [0.15, 0.2) is 19.0 Å². The molecule has 0 aromatic carbocycles. The Balaban J connectivity index is 2.12. The van der Waals surface area contributed by atoms with E-state index in [-0.39, 0.29) is 0 Å². The van der Waals surface area contributed by atoms with Crippen LogP contribution in [0.4, 0.5) is 0 Å². The largest absolute Gasteiger partial charge is 0.312 e. The average Bonchev–Trinajstić information content (AvgIpc) is 2.68. The Kier molecular flexibility index (Phi) is 2.93. The van der Waals surface area contributed by atoms with E-state index in [1.54, 1.807) is 6.33 Å². The molecule has 1 unspecified atom stereocenters. The van der Waals surface area contributed by atoms with E-state index in [1.807, 2.05) is 6.08 Å². The number of nitrogens with zero attached hydrogens (tertiary/aromatic N) is 3. The molecule has 0 bridgehead atoms. The lowest BCUT2D eigenvalue weighted by molar-refractivity contribution is 0.387. The lowest BCUT2D eigenvalue weighted by Crippen LogP contribution is -2.29. The first-order valence-corrected chi connectivity index (χ1v) is 5.14. The van der Waals surface area contributed by atoms with Crippen molar-refractivity contribution in [3.63, 3.8) is 0 Å². The Bertz CT molecular complexity index is 299. The molecule has 14 heavy (non-hydrogen) atoms. The predicted molar refractivity (Wildman–Crippen MR) is 54.8 cm³/mol. The van der Waals surface area contributed by atoms with Crippen molar-refractivity contribution in [2.45, 2.75) is 31.8 Å². The predicted octanol–water partition coefficient (Wildman–Crippen LogP) is 1.28. The van der Waals surface area contributed by atoms with Crippen LogP contribution in [0.25, 0.3) is 0 Å². The van der Waals surface area contributed by atoms with Crippen LogP contribution < -0.4 is 5.32 Å². The maximum absolute atomic E-state index is 4.16. The van der Waals surface area contributed by atoms with E-state index in [4.69, 9.17) is 0 Å². The summed E-state index contributed by atoms with van der Waals surface area (Å²) in [4.78, 5) is 0. The zero-order valence-electron chi connectivity index (χ0n) is 8.32. The second kappa shape index (κ2) is 4.37. The van der Waals surface area contributed by atoms with Gasteiger partial charge in [-0.1, -0.05) is 12.5 Å². The Labute approximate surface area is 84.0 Å². The van der Waals surface area contributed by atoms with Gasteiger partial charge in [-0.05, 0) is 19.4 Å². The summed E-state index contributed by atoms with van der Waals surface area (Å²) in [6.45, 7) is 5.61. The summed E-state index contributed by atoms with van der Waals surface area (Å²) < 4.78 is 2.05. The zero-order valence-corrected chi connectivity index (χ0v) is 8.32. The van der Waals surface area contributed by atoms with Crippen LogP contribution in [-0.4, -0.2) is 21.3 Å². The highest BCUT2D eigenvalue weighted by Gasteiger charge is 2.19. The van der Waals surface area contributed by atoms with Crippen molar-refractivity contribution < 1.29 is 0 Å². The van der Waals surface area contributed by atoms with Crippen LogP contribution in [-0.2, 0) is 6.54 Å². The van der Waals surface area contributed by atoms with Crippen LogP contribution in [0.3, 0.4) is 0 Å². The van der Waals surface area contributed by atoms with E-state index in [9.17, 15) is 0 Å². The summed E-state index contributed by atoms with van der Waals surface area (Å²) in [5.74, 6) is 1.05. The molecule has 2 heterocycles. The molecule has 1 atom stereocenters. The van der Waals surface area contributed by atoms with Gasteiger partial charge < -0.3 is 9.88 Å². The lowest BCUT2D eigenvalue weighted by Gasteiger charge is -2.22. The van der Waals surface area contributed by atoms with Crippen molar-refractivity contribution >= 4 is 0 Å². The fourth-order valence-electron chi connectivity index (χ4n) is 1.89. The normalized spacial score (nSPS) is 22.1. The fourth-order valence-corrected chi connectivity index (χ4v) is 1.89. The molecule has 4 heteroatoms. The highest BCUT2D eigenvalue weighted by atomic mass is 15.3. The summed E-state index contributed by atoms with van der Waals surface area (Å²) >= 11 is 0. The molecule has 0 aliphatic carbocycles. The molecule has 0 amide bonds. The van der Waals surface area contributed by atoms with Crippen molar-refractivity contribution in [2.75, 3.05) is 6.54 Å². The quantitative estimate of drug-likeness (QED) is 0.733. The fraction of sp³-hybridized carbons (Fsp3) is 0.600. The molecule has 4 nitrogen and oxygen atoms in total. The number of rotatable bonds is 3. The molecule has 0 radical (unpaired) electrons. The van der Waals surface area contributed by atoms with Gasteiger partial charge >= 0.3 is 0 Å². The minimum atomic E-state index is 0.381. The van der Waals surface area contributed by atoms with E-state index in [0.717, 1.165) is 25.3 Å². The van der Waals surface area contributed by atoms with Crippen molar-refractivity contribution in [1.82, 2.24) is 20.1 Å². The molecule has 1 saturated heterocycles. The van der Waals surface area contributed by atoms with E-state index < -0.39 is 0 Å². The van der Waals surface area contributed by atoms with Gasteiger partial charge in [0.2, 0.25) is 0 Å². The summed E-state index contributed by atoms with van der Waals surface area (Å²) in [5.41, 5.74) is 0. The summed E-state index contributed by atoms with van der Waals surface area (Å²) in [6, 6.07) is 0.381. The Morgan fingerprint density at radius 3 is 3.29 bits per heavy atom. The number of hydrogen-bond donors (Lipinski definition) is 1. The number of nitrogens with one attached hydrogen (secondary N) is 1. The second-order valence-corrected chi connectivity index (χ2v) is 3.63. The van der Waals surface area contributed by atoms with E-state index >= 15 is 0 Å². The Hall–Kier alpha value is -1.16. The smallest absolute Gasteiger partial charge is 0.150 e. The molecule has 1 aromatic rings. The van der Waals surface area contributed by atoms with Gasteiger partial charge in [0.15, 0.2) is 0 Å². The highest BCUT2D eigenvalue weighted by Crippen LogP contribution is 2.20. The van der Waals surface area contributed by atoms with Gasteiger partial charge in [0.1, 0.15) is 12.2 Å². The molecule has 0 spiro atoms. The van der Waals surface area contributed by atoms with E-state index in [0.29, 0.717) is 6.04 Å². The minimum absolute atomic E-state index is 0.381. The van der Waals surface area contributed by atoms with Gasteiger partial charge in [0, 0.05) is 6.54 Å². The van der Waals surface area contributed by atoms with Crippen LogP contribution >= 0.6 is 0 Å². The molecular formula is C10H16N4. The topological polar surface area (TPSA) is 42.7 Å². The molecule has 1 aliphatic heterocycles. The second-order valence-electron chi connectivity index (χ2n) is 3.63. The third-order valence-corrected chi connectivity index (χ3v) is 2.59. The van der Waals surface area contributed by atoms with Gasteiger partial charge in [-0.15, -0.1) is 16.8 Å². The Morgan fingerprint density at radius 2 is 2.57 bits per heavy atom. The van der Waals surface area contributed by atoms with Crippen LogP contribution in [0.5, 0.6) is 0 Å². The number of allylic oxidation sites excluding steroid dienone is 1. The molecular weight excluding hydrogens is 176 g/mol. The third kappa shape index (κ3) is 1.85. The van der Waals surface area contributed by atoms with Crippen molar-refractivity contribution in [2.24, 2.45) is 0 Å². The third-order valence-electron chi connectivity index (χ3n) is 2.59. The molecule has 76 valence electrons. The van der Waals surface area contributed by atoms with Crippen molar-refractivity contribution in [1.29, 1.82) is 0 Å². The van der Waals surface area contributed by atoms with E-state index in [1.165, 1.54) is 12.8 Å². The Morgan fingerprint density at radius 1 is 1.64 bits per heavy atom. The molecule has 2 rings (SSSR count). The molecule has 0 saturated carbocycles. The first-order chi connectivity index (χ1) is 6.92. The number of piperidine rings is 1. The lowest BCUT2D eigenvalue weighted by atomic mass is 10.0. The van der Waals surface area contributed by atoms with Gasteiger partial charge in [0.25, 0.3) is 0 Å². The molecule has 1 fully saturated rings. The van der Waals surface area contributed by atoms with E-state index in [2.05, 4.69) is 26.7 Å². The zero-order chi connectivity index (χ0) is 9.80. The van der Waals surface area contributed by atoms with Gasteiger partial charge in [0.05, 0.1) is 6.04 Å². The van der Waals surface area contributed by atoms with Gasteiger partial charge in [-0.25, -0.2) is 0 Å². The summed E-state index contributed by atoms with van der Waals surface area (Å²) in [5, 5.41) is 11.6. The standard InChI is InChI=1S/C10H16N4/c1-2-7-14-8-12-13-10(14)9-5-3-4-6-11-9/h2,8-9,11H,1,3-7H2. The first-order valence-electron chi connectivity index (χ1n) is 5.14. The van der Waals surface area contributed by atoms with Crippen LogP contribution in [0.1, 0.15) is 31.1 Å². The molecule has 1 aromatic heterocycles. The maximum Gasteiger partial charge on any atom is 0.150 e. The van der Waals surface area contributed by atoms with Gasteiger partial charge in [-0.3, -0.25) is 0 Å². The van der Waals surface area contributed by atoms with Crippen LogP contribution in [0, 0.1) is 0 Å². The number of aromatic nitrogens is 3. The SMILES string of the molecule is C=CCn1cnnc1C1CCCCN1.